The number of ether oxygens (including phenoxy) is 2. The summed E-state index contributed by atoms with van der Waals surface area (Å²) < 4.78 is 15.7. The highest BCUT2D eigenvalue weighted by Gasteiger charge is 2.14. The number of hydrogen-bond acceptors (Lipinski definition) is 5. The molecular formula is C19H17NO5. The average molecular weight is 339 g/mol. The number of anilines is 1. The van der Waals surface area contributed by atoms with Crippen molar-refractivity contribution in [2.45, 2.75) is 6.92 Å². The second-order valence-corrected chi connectivity index (χ2v) is 5.26. The van der Waals surface area contributed by atoms with Gasteiger partial charge < -0.3 is 19.2 Å². The summed E-state index contributed by atoms with van der Waals surface area (Å²) >= 11 is 0. The van der Waals surface area contributed by atoms with Gasteiger partial charge in [-0.3, -0.25) is 4.79 Å². The Bertz CT molecular complexity index is 960. The molecule has 1 aromatic heterocycles. The Labute approximate surface area is 144 Å². The quantitative estimate of drug-likeness (QED) is 0.720. The smallest absolute Gasteiger partial charge is 0.349 e. The maximum Gasteiger partial charge on any atom is 0.349 e. The molecule has 0 radical (unpaired) electrons. The van der Waals surface area contributed by atoms with E-state index in [1.165, 1.54) is 6.07 Å². The molecule has 0 bridgehead atoms. The van der Waals surface area contributed by atoms with Gasteiger partial charge in [0.05, 0.1) is 13.7 Å². The van der Waals surface area contributed by atoms with Gasteiger partial charge in [0.2, 0.25) is 0 Å². The van der Waals surface area contributed by atoms with Gasteiger partial charge in [0.1, 0.15) is 22.6 Å². The normalized spacial score (nSPS) is 10.5. The van der Waals surface area contributed by atoms with E-state index >= 15 is 0 Å². The zero-order valence-electron chi connectivity index (χ0n) is 13.9. The van der Waals surface area contributed by atoms with E-state index in [1.807, 2.05) is 6.92 Å². The lowest BCUT2D eigenvalue weighted by Gasteiger charge is -2.07. The van der Waals surface area contributed by atoms with Crippen molar-refractivity contribution in [1.82, 2.24) is 0 Å². The maximum absolute atomic E-state index is 12.4. The SMILES string of the molecule is CCOc1ccc2cc(C(=O)Nc3ccc(OC)cc3)c(=O)oc2c1. The number of fused-ring (bicyclic) bond motifs is 1. The summed E-state index contributed by atoms with van der Waals surface area (Å²) in [5, 5.41) is 3.31. The van der Waals surface area contributed by atoms with E-state index in [4.69, 9.17) is 13.9 Å². The number of nitrogens with one attached hydrogen (secondary N) is 1. The summed E-state index contributed by atoms with van der Waals surface area (Å²) in [4.78, 5) is 24.5. The fraction of sp³-hybridized carbons (Fsp3) is 0.158. The molecule has 0 spiro atoms. The number of hydrogen-bond donors (Lipinski definition) is 1. The first kappa shape index (κ1) is 16.6. The second kappa shape index (κ2) is 7.09. The Balaban J connectivity index is 1.88. The Morgan fingerprint density at radius 1 is 1.08 bits per heavy atom. The summed E-state index contributed by atoms with van der Waals surface area (Å²) in [6.45, 7) is 2.38. The first-order chi connectivity index (χ1) is 12.1. The first-order valence-corrected chi connectivity index (χ1v) is 7.77. The Morgan fingerprint density at radius 3 is 2.48 bits per heavy atom. The molecule has 0 aliphatic carbocycles. The van der Waals surface area contributed by atoms with E-state index in [0.29, 0.717) is 34.8 Å². The Hall–Kier alpha value is -3.28. The molecule has 0 unspecified atom stereocenters. The Morgan fingerprint density at radius 2 is 1.80 bits per heavy atom. The molecule has 2 aromatic carbocycles. The van der Waals surface area contributed by atoms with Crippen LogP contribution in [0.25, 0.3) is 11.0 Å². The standard InChI is InChI=1S/C19H17NO5/c1-3-24-15-7-4-12-10-16(19(22)25-17(12)11-15)18(21)20-13-5-8-14(23-2)9-6-13/h4-11H,3H2,1-2H3,(H,20,21). The van der Waals surface area contributed by atoms with Crippen LogP contribution < -0.4 is 20.4 Å². The molecule has 1 amide bonds. The number of benzene rings is 2. The molecule has 1 N–H and O–H groups in total. The third-order valence-corrected chi connectivity index (χ3v) is 3.61. The van der Waals surface area contributed by atoms with Crippen LogP contribution in [0.2, 0.25) is 0 Å². The minimum Gasteiger partial charge on any atom is -0.497 e. The highest BCUT2D eigenvalue weighted by atomic mass is 16.5. The van der Waals surface area contributed by atoms with Gasteiger partial charge in [-0.1, -0.05) is 0 Å². The van der Waals surface area contributed by atoms with Crippen LogP contribution in [0.4, 0.5) is 5.69 Å². The lowest BCUT2D eigenvalue weighted by Crippen LogP contribution is -2.20. The molecule has 128 valence electrons. The molecule has 25 heavy (non-hydrogen) atoms. The summed E-state index contributed by atoms with van der Waals surface area (Å²) in [6, 6.07) is 13.5. The third-order valence-electron chi connectivity index (χ3n) is 3.61. The van der Waals surface area contributed by atoms with Crippen molar-refractivity contribution in [2.75, 3.05) is 19.0 Å². The minimum atomic E-state index is -0.702. The minimum absolute atomic E-state index is 0.0625. The van der Waals surface area contributed by atoms with Crippen LogP contribution in [0.15, 0.2) is 57.7 Å². The van der Waals surface area contributed by atoms with Crippen molar-refractivity contribution in [3.8, 4) is 11.5 Å². The number of carbonyl (C=O) groups excluding carboxylic acids is 1. The van der Waals surface area contributed by atoms with Crippen LogP contribution in [-0.4, -0.2) is 19.6 Å². The molecule has 0 saturated carbocycles. The number of methoxy groups -OCH3 is 1. The van der Waals surface area contributed by atoms with Gasteiger partial charge in [-0.15, -0.1) is 0 Å². The monoisotopic (exact) mass is 339 g/mol. The van der Waals surface area contributed by atoms with E-state index in [-0.39, 0.29) is 5.56 Å². The second-order valence-electron chi connectivity index (χ2n) is 5.26. The van der Waals surface area contributed by atoms with E-state index < -0.39 is 11.5 Å². The van der Waals surface area contributed by atoms with Crippen LogP contribution in [0.1, 0.15) is 17.3 Å². The largest absolute Gasteiger partial charge is 0.497 e. The summed E-state index contributed by atoms with van der Waals surface area (Å²) in [7, 11) is 1.56. The van der Waals surface area contributed by atoms with Gasteiger partial charge in [0, 0.05) is 17.1 Å². The van der Waals surface area contributed by atoms with Gasteiger partial charge in [0.15, 0.2) is 0 Å². The van der Waals surface area contributed by atoms with Crippen molar-refractivity contribution >= 4 is 22.6 Å². The zero-order valence-corrected chi connectivity index (χ0v) is 13.9. The topological polar surface area (TPSA) is 77.8 Å². The van der Waals surface area contributed by atoms with Crippen molar-refractivity contribution < 1.29 is 18.7 Å². The number of amides is 1. The summed E-state index contributed by atoms with van der Waals surface area (Å²) in [5.41, 5.74) is 0.161. The highest BCUT2D eigenvalue weighted by molar-refractivity contribution is 6.05. The molecule has 6 heteroatoms. The highest BCUT2D eigenvalue weighted by Crippen LogP contribution is 2.21. The molecule has 6 nitrogen and oxygen atoms in total. The van der Waals surface area contributed by atoms with Gasteiger partial charge in [-0.2, -0.15) is 0 Å². The average Bonchev–Trinajstić information content (AvgIpc) is 2.62. The molecule has 3 rings (SSSR count). The van der Waals surface area contributed by atoms with Gasteiger partial charge >= 0.3 is 5.63 Å². The van der Waals surface area contributed by atoms with E-state index in [1.54, 1.807) is 49.6 Å². The van der Waals surface area contributed by atoms with Crippen molar-refractivity contribution in [1.29, 1.82) is 0 Å². The van der Waals surface area contributed by atoms with Crippen LogP contribution in [0, 0.1) is 0 Å². The Kier molecular flexibility index (Phi) is 4.70. The van der Waals surface area contributed by atoms with E-state index in [2.05, 4.69) is 5.32 Å². The van der Waals surface area contributed by atoms with Crippen LogP contribution in [0.5, 0.6) is 11.5 Å². The lowest BCUT2D eigenvalue weighted by atomic mass is 10.1. The fourth-order valence-corrected chi connectivity index (χ4v) is 2.38. The number of rotatable bonds is 5. The summed E-state index contributed by atoms with van der Waals surface area (Å²) in [6.07, 6.45) is 0. The van der Waals surface area contributed by atoms with Gasteiger partial charge in [0.25, 0.3) is 5.91 Å². The number of carbonyl (C=O) groups is 1. The van der Waals surface area contributed by atoms with Gasteiger partial charge in [-0.25, -0.2) is 4.79 Å². The van der Waals surface area contributed by atoms with E-state index in [9.17, 15) is 9.59 Å². The predicted octanol–water partition coefficient (Wildman–Crippen LogP) is 3.45. The molecular weight excluding hydrogens is 322 g/mol. The van der Waals surface area contributed by atoms with Crippen molar-refractivity contribution in [2.24, 2.45) is 0 Å². The molecule has 0 fully saturated rings. The zero-order chi connectivity index (χ0) is 17.8. The van der Waals surface area contributed by atoms with Crippen LogP contribution >= 0.6 is 0 Å². The molecule has 0 aliphatic rings. The van der Waals surface area contributed by atoms with Gasteiger partial charge in [-0.05, 0) is 49.4 Å². The fourth-order valence-electron chi connectivity index (χ4n) is 2.38. The predicted molar refractivity (Wildman–Crippen MR) is 94.6 cm³/mol. The molecule has 0 atom stereocenters. The lowest BCUT2D eigenvalue weighted by molar-refractivity contribution is 0.102. The van der Waals surface area contributed by atoms with Crippen molar-refractivity contribution in [3.05, 3.63) is 64.5 Å². The summed E-state index contributed by atoms with van der Waals surface area (Å²) in [5.74, 6) is 0.747. The molecule has 1 heterocycles. The van der Waals surface area contributed by atoms with Crippen molar-refractivity contribution in [3.63, 3.8) is 0 Å². The maximum atomic E-state index is 12.4. The molecule has 3 aromatic rings. The van der Waals surface area contributed by atoms with E-state index in [0.717, 1.165) is 0 Å². The van der Waals surface area contributed by atoms with Crippen LogP contribution in [0.3, 0.4) is 0 Å². The van der Waals surface area contributed by atoms with Crippen LogP contribution in [-0.2, 0) is 0 Å². The molecule has 0 aliphatic heterocycles. The third kappa shape index (κ3) is 3.63. The first-order valence-electron chi connectivity index (χ1n) is 7.77. The molecule has 0 saturated heterocycles.